The Morgan fingerprint density at radius 2 is 1.90 bits per heavy atom. The number of hydrogen-bond acceptors (Lipinski definition) is 4. The molecule has 1 aromatic heterocycles. The quantitative estimate of drug-likeness (QED) is 0.655. The molecule has 1 aliphatic rings. The Hall–Kier alpha value is -3.06. The molecule has 0 fully saturated rings. The second-order valence-electron chi connectivity index (χ2n) is 6.79. The summed E-state index contributed by atoms with van der Waals surface area (Å²) in [4.78, 5) is 31.7. The van der Waals surface area contributed by atoms with Crippen LogP contribution in [0.2, 0.25) is 0 Å². The van der Waals surface area contributed by atoms with Crippen LogP contribution in [0.15, 0.2) is 71.9 Å². The first-order valence-electron chi connectivity index (χ1n) is 9.53. The summed E-state index contributed by atoms with van der Waals surface area (Å²) in [6.07, 6.45) is 4.36. The normalized spacial score (nSPS) is 13.2. The number of fused-ring (bicyclic) bond motifs is 1. The smallest absolute Gasteiger partial charge is 0.240 e. The molecule has 0 aliphatic carbocycles. The van der Waals surface area contributed by atoms with Crippen molar-refractivity contribution in [1.29, 1.82) is 0 Å². The molecular weight excluding hydrogens is 384 g/mol. The predicted octanol–water partition coefficient (Wildman–Crippen LogP) is 2.73. The van der Waals surface area contributed by atoms with Crippen LogP contribution in [0.3, 0.4) is 0 Å². The molecule has 0 bridgehead atoms. The lowest BCUT2D eigenvalue weighted by Gasteiger charge is -2.28. The minimum absolute atomic E-state index is 0.0366. The highest BCUT2D eigenvalue weighted by Gasteiger charge is 2.26. The highest BCUT2D eigenvalue weighted by atomic mass is 32.2. The second-order valence-corrected chi connectivity index (χ2v) is 7.81. The standard InChI is InChI=1S/C22H22N4O2S/c27-21(15-26-18-8-4-5-9-19(18)29-16-22(26)28)24-11-10-20-23-12-13-25(20)14-17-6-2-1-3-7-17/h1-9,12-13H,10-11,14-16H2,(H,24,27). The van der Waals surface area contributed by atoms with Crippen molar-refractivity contribution < 1.29 is 9.59 Å². The first-order valence-corrected chi connectivity index (χ1v) is 10.5. The van der Waals surface area contributed by atoms with Crippen LogP contribution in [0.25, 0.3) is 0 Å². The molecule has 3 aromatic rings. The van der Waals surface area contributed by atoms with Crippen LogP contribution < -0.4 is 10.2 Å². The zero-order valence-electron chi connectivity index (χ0n) is 16.0. The number of anilines is 1. The Kier molecular flexibility index (Phi) is 5.95. The lowest BCUT2D eigenvalue weighted by molar-refractivity contribution is -0.122. The van der Waals surface area contributed by atoms with E-state index in [0.29, 0.717) is 18.7 Å². The molecule has 6 nitrogen and oxygen atoms in total. The van der Waals surface area contributed by atoms with Gasteiger partial charge in [-0.05, 0) is 17.7 Å². The van der Waals surface area contributed by atoms with E-state index in [9.17, 15) is 9.59 Å². The maximum Gasteiger partial charge on any atom is 0.240 e. The van der Waals surface area contributed by atoms with Gasteiger partial charge in [0.1, 0.15) is 12.4 Å². The molecule has 2 amide bonds. The van der Waals surface area contributed by atoms with E-state index in [-0.39, 0.29) is 18.4 Å². The SMILES string of the molecule is O=C(CN1C(=O)CSc2ccccc21)NCCc1nccn1Cc1ccccc1. The highest BCUT2D eigenvalue weighted by Crippen LogP contribution is 2.34. The van der Waals surface area contributed by atoms with Gasteiger partial charge < -0.3 is 14.8 Å². The summed E-state index contributed by atoms with van der Waals surface area (Å²) in [5.74, 6) is 1.08. The van der Waals surface area contributed by atoms with Crippen molar-refractivity contribution in [3.8, 4) is 0 Å². The van der Waals surface area contributed by atoms with Gasteiger partial charge in [0.2, 0.25) is 11.8 Å². The van der Waals surface area contributed by atoms with Crippen LogP contribution in [0.5, 0.6) is 0 Å². The van der Waals surface area contributed by atoms with Crippen molar-refractivity contribution in [2.24, 2.45) is 0 Å². The van der Waals surface area contributed by atoms with Gasteiger partial charge in [-0.1, -0.05) is 42.5 Å². The number of carbonyl (C=O) groups is 2. The van der Waals surface area contributed by atoms with Crippen molar-refractivity contribution >= 4 is 29.3 Å². The minimum Gasteiger partial charge on any atom is -0.354 e. The molecule has 2 heterocycles. The lowest BCUT2D eigenvalue weighted by atomic mass is 10.2. The second kappa shape index (κ2) is 8.96. The Balaban J connectivity index is 1.31. The van der Waals surface area contributed by atoms with Crippen molar-refractivity contribution in [3.05, 3.63) is 78.4 Å². The van der Waals surface area contributed by atoms with Crippen molar-refractivity contribution in [3.63, 3.8) is 0 Å². The van der Waals surface area contributed by atoms with E-state index in [0.717, 1.165) is 23.0 Å². The fraction of sp³-hybridized carbons (Fsp3) is 0.227. The number of hydrogen-bond donors (Lipinski definition) is 1. The Morgan fingerprint density at radius 3 is 2.76 bits per heavy atom. The van der Waals surface area contributed by atoms with Crippen molar-refractivity contribution in [2.45, 2.75) is 17.9 Å². The maximum absolute atomic E-state index is 12.4. The minimum atomic E-state index is -0.166. The maximum atomic E-state index is 12.4. The number of imidazole rings is 1. The molecule has 29 heavy (non-hydrogen) atoms. The molecule has 148 valence electrons. The van der Waals surface area contributed by atoms with Crippen LogP contribution in [0.4, 0.5) is 5.69 Å². The number of aromatic nitrogens is 2. The van der Waals surface area contributed by atoms with E-state index in [1.165, 1.54) is 17.3 Å². The van der Waals surface area contributed by atoms with Gasteiger partial charge in [0.05, 0.1) is 11.4 Å². The number of nitrogens with zero attached hydrogens (tertiary/aromatic N) is 3. The molecule has 7 heteroatoms. The summed E-state index contributed by atoms with van der Waals surface area (Å²) in [7, 11) is 0. The van der Waals surface area contributed by atoms with Gasteiger partial charge in [0.25, 0.3) is 0 Å². The molecule has 0 unspecified atom stereocenters. The zero-order valence-corrected chi connectivity index (χ0v) is 16.8. The Labute approximate surface area is 173 Å². The Morgan fingerprint density at radius 1 is 1.10 bits per heavy atom. The third kappa shape index (κ3) is 4.68. The third-order valence-electron chi connectivity index (χ3n) is 4.78. The van der Waals surface area contributed by atoms with E-state index in [1.807, 2.05) is 48.7 Å². The summed E-state index contributed by atoms with van der Waals surface area (Å²) in [5, 5.41) is 2.92. The van der Waals surface area contributed by atoms with E-state index in [1.54, 1.807) is 11.1 Å². The van der Waals surface area contributed by atoms with Crippen LogP contribution in [-0.2, 0) is 22.6 Å². The van der Waals surface area contributed by atoms with Crippen LogP contribution in [0, 0.1) is 0 Å². The van der Waals surface area contributed by atoms with Crippen molar-refractivity contribution in [2.75, 3.05) is 23.7 Å². The molecule has 0 atom stereocenters. The van der Waals surface area contributed by atoms with Gasteiger partial charge in [-0.25, -0.2) is 4.98 Å². The van der Waals surface area contributed by atoms with Crippen LogP contribution >= 0.6 is 11.8 Å². The van der Waals surface area contributed by atoms with Gasteiger partial charge >= 0.3 is 0 Å². The van der Waals surface area contributed by atoms with Crippen LogP contribution in [-0.4, -0.2) is 40.2 Å². The molecule has 0 spiro atoms. The first kappa shape index (κ1) is 19.3. The topological polar surface area (TPSA) is 67.2 Å². The fourth-order valence-electron chi connectivity index (χ4n) is 3.33. The molecule has 0 saturated heterocycles. The molecule has 1 N–H and O–H groups in total. The molecule has 1 aliphatic heterocycles. The number of carbonyl (C=O) groups excluding carboxylic acids is 2. The molecule has 4 rings (SSSR count). The summed E-state index contributed by atoms with van der Waals surface area (Å²) < 4.78 is 2.09. The van der Waals surface area contributed by atoms with Crippen molar-refractivity contribution in [1.82, 2.24) is 14.9 Å². The summed E-state index contributed by atoms with van der Waals surface area (Å²) >= 11 is 1.51. The average molecular weight is 407 g/mol. The van der Waals surface area contributed by atoms with Gasteiger partial charge in [-0.3, -0.25) is 9.59 Å². The van der Waals surface area contributed by atoms with Gasteiger partial charge in [-0.2, -0.15) is 0 Å². The molecular formula is C22H22N4O2S. The van der Waals surface area contributed by atoms with Gasteiger partial charge in [0, 0.05) is 36.8 Å². The fourth-order valence-corrected chi connectivity index (χ4v) is 4.27. The van der Waals surface area contributed by atoms with Gasteiger partial charge in [-0.15, -0.1) is 11.8 Å². The summed E-state index contributed by atoms with van der Waals surface area (Å²) in [6.45, 7) is 1.26. The van der Waals surface area contributed by atoms with Crippen LogP contribution in [0.1, 0.15) is 11.4 Å². The predicted molar refractivity (Wildman–Crippen MR) is 114 cm³/mol. The number of nitrogens with one attached hydrogen (secondary N) is 1. The highest BCUT2D eigenvalue weighted by molar-refractivity contribution is 8.00. The van der Waals surface area contributed by atoms with E-state index < -0.39 is 0 Å². The number of thioether (sulfide) groups is 1. The molecule has 0 radical (unpaired) electrons. The van der Waals surface area contributed by atoms with Gasteiger partial charge in [0.15, 0.2) is 0 Å². The first-order chi connectivity index (χ1) is 14.2. The number of para-hydroxylation sites is 1. The number of amides is 2. The summed E-state index contributed by atoms with van der Waals surface area (Å²) in [5.41, 5.74) is 2.01. The third-order valence-corrected chi connectivity index (χ3v) is 5.83. The largest absolute Gasteiger partial charge is 0.354 e. The average Bonchev–Trinajstić information content (AvgIpc) is 3.18. The number of rotatable bonds is 7. The van der Waals surface area contributed by atoms with E-state index >= 15 is 0 Å². The monoisotopic (exact) mass is 406 g/mol. The zero-order chi connectivity index (χ0) is 20.1. The lowest BCUT2D eigenvalue weighted by Crippen LogP contribution is -2.43. The van der Waals surface area contributed by atoms with E-state index in [4.69, 9.17) is 0 Å². The Bertz CT molecular complexity index is 1000. The summed E-state index contributed by atoms with van der Waals surface area (Å²) in [6, 6.07) is 17.9. The number of benzene rings is 2. The molecule has 0 saturated carbocycles. The molecule has 2 aromatic carbocycles. The van der Waals surface area contributed by atoms with E-state index in [2.05, 4.69) is 27.0 Å².